The maximum atomic E-state index is 15.0. The molecule has 1 atom stereocenters. The molecule has 4 aliphatic rings. The molecule has 16 heteroatoms. The molecule has 0 bridgehead atoms. The third-order valence-electron chi connectivity index (χ3n) is 10.5. The number of nitrogens with one attached hydrogen (secondary N) is 1. The van der Waals surface area contributed by atoms with Gasteiger partial charge >= 0.3 is 6.03 Å². The first-order valence-electron chi connectivity index (χ1n) is 16.6. The normalized spacial score (nSPS) is 21.5. The standard InChI is InChI=1S/C35H38FN7O7S/c1-40(26-20-50-21-26)24-10-13-41(14-11-24)25-18-42(19-25)34(45)39-35(27-5-4-12-38-32(27)49-3)28-15-22(17-37)6-8-29(28)43(33(35)44)51(46,47)31-9-7-23(36)16-30(31)48-2/h4-9,12,15-16,24-26H,10-11,13-14,18-21H2,1-3H3,(H,39,45). The number of fused-ring (bicyclic) bond motifs is 1. The van der Waals surface area contributed by atoms with E-state index < -0.39 is 38.2 Å². The third kappa shape index (κ3) is 5.74. The number of carbonyl (C=O) groups is 2. The number of nitriles is 1. The van der Waals surface area contributed by atoms with Crippen molar-refractivity contribution in [2.45, 2.75) is 41.4 Å². The summed E-state index contributed by atoms with van der Waals surface area (Å²) in [6.07, 6.45) is 3.45. The van der Waals surface area contributed by atoms with Crippen molar-refractivity contribution in [2.24, 2.45) is 0 Å². The highest BCUT2D eigenvalue weighted by Crippen LogP contribution is 2.50. The van der Waals surface area contributed by atoms with Gasteiger partial charge in [-0.15, -0.1) is 0 Å². The van der Waals surface area contributed by atoms with Crippen LogP contribution in [0.3, 0.4) is 0 Å². The lowest BCUT2D eigenvalue weighted by molar-refractivity contribution is -0.121. The minimum atomic E-state index is -4.80. The molecule has 51 heavy (non-hydrogen) atoms. The van der Waals surface area contributed by atoms with Gasteiger partial charge in [-0.05, 0) is 62.4 Å². The van der Waals surface area contributed by atoms with Crippen LogP contribution in [0.5, 0.6) is 11.6 Å². The Bertz CT molecular complexity index is 2010. The maximum Gasteiger partial charge on any atom is 0.318 e. The fraction of sp³-hybridized carbons (Fsp3) is 0.429. The molecule has 5 heterocycles. The van der Waals surface area contributed by atoms with Crippen LogP contribution in [0, 0.1) is 17.1 Å². The molecule has 3 fully saturated rings. The smallest absolute Gasteiger partial charge is 0.318 e. The number of pyridine rings is 1. The first kappa shape index (κ1) is 34.6. The molecule has 7 rings (SSSR count). The number of carbonyl (C=O) groups excluding carboxylic acids is 2. The summed E-state index contributed by atoms with van der Waals surface area (Å²) in [5, 5.41) is 12.7. The van der Waals surface area contributed by atoms with Gasteiger partial charge in [-0.2, -0.15) is 9.57 Å². The number of rotatable bonds is 9. The van der Waals surface area contributed by atoms with E-state index in [-0.39, 0.29) is 40.0 Å². The molecule has 2 aromatic carbocycles. The lowest BCUT2D eigenvalue weighted by Gasteiger charge is -2.50. The minimum Gasteiger partial charge on any atom is -0.495 e. The number of halogens is 1. The number of hydrogen-bond acceptors (Lipinski definition) is 11. The van der Waals surface area contributed by atoms with Crippen LogP contribution in [-0.4, -0.2) is 119 Å². The number of amides is 3. The molecule has 0 radical (unpaired) electrons. The van der Waals surface area contributed by atoms with E-state index >= 15 is 0 Å². The van der Waals surface area contributed by atoms with Crippen LogP contribution >= 0.6 is 0 Å². The molecular weight excluding hydrogens is 681 g/mol. The van der Waals surface area contributed by atoms with Gasteiger partial charge in [0, 0.05) is 56.1 Å². The van der Waals surface area contributed by atoms with Crippen molar-refractivity contribution in [3.63, 3.8) is 0 Å². The van der Waals surface area contributed by atoms with E-state index in [2.05, 4.69) is 27.1 Å². The van der Waals surface area contributed by atoms with Gasteiger partial charge in [-0.3, -0.25) is 14.6 Å². The zero-order valence-electron chi connectivity index (χ0n) is 28.4. The quantitative estimate of drug-likeness (QED) is 0.346. The van der Waals surface area contributed by atoms with Crippen LogP contribution in [0.25, 0.3) is 0 Å². The number of likely N-dealkylation sites (tertiary alicyclic amines) is 2. The topological polar surface area (TPSA) is 158 Å². The van der Waals surface area contributed by atoms with Crippen molar-refractivity contribution >= 4 is 27.6 Å². The number of urea groups is 1. The average molecular weight is 720 g/mol. The zero-order valence-corrected chi connectivity index (χ0v) is 29.2. The molecule has 0 saturated carbocycles. The second kappa shape index (κ2) is 13.4. The Kier molecular flexibility index (Phi) is 9.08. The van der Waals surface area contributed by atoms with Gasteiger partial charge in [0.15, 0.2) is 5.54 Å². The summed E-state index contributed by atoms with van der Waals surface area (Å²) >= 11 is 0. The third-order valence-corrected chi connectivity index (χ3v) is 12.2. The van der Waals surface area contributed by atoms with E-state index in [4.69, 9.17) is 14.2 Å². The van der Waals surface area contributed by atoms with Crippen LogP contribution in [0.4, 0.5) is 14.9 Å². The summed E-state index contributed by atoms with van der Waals surface area (Å²) < 4.78 is 59.6. The number of sulfonamides is 1. The fourth-order valence-electron chi connectivity index (χ4n) is 7.45. The highest BCUT2D eigenvalue weighted by Gasteiger charge is 2.59. The van der Waals surface area contributed by atoms with Crippen LogP contribution in [0.15, 0.2) is 59.6 Å². The molecule has 1 aromatic heterocycles. The number of methoxy groups -OCH3 is 2. The molecule has 14 nitrogen and oxygen atoms in total. The van der Waals surface area contributed by atoms with E-state index in [9.17, 15) is 27.7 Å². The van der Waals surface area contributed by atoms with Gasteiger partial charge in [0.1, 0.15) is 16.5 Å². The number of anilines is 1. The molecular formula is C35H38FN7O7S. The predicted molar refractivity (Wildman–Crippen MR) is 181 cm³/mol. The number of nitrogens with zero attached hydrogens (tertiary/aromatic N) is 6. The molecule has 3 amide bonds. The van der Waals surface area contributed by atoms with Crippen molar-refractivity contribution in [1.82, 2.24) is 25.0 Å². The minimum absolute atomic E-state index is 0.0241. The molecule has 1 unspecified atom stereocenters. The van der Waals surface area contributed by atoms with Crippen molar-refractivity contribution in [2.75, 3.05) is 65.0 Å². The van der Waals surface area contributed by atoms with Gasteiger partial charge in [-0.25, -0.2) is 22.6 Å². The second-order valence-electron chi connectivity index (χ2n) is 13.1. The summed E-state index contributed by atoms with van der Waals surface area (Å²) in [4.78, 5) is 39.3. The van der Waals surface area contributed by atoms with Gasteiger partial charge in [0.25, 0.3) is 15.9 Å². The van der Waals surface area contributed by atoms with Gasteiger partial charge in [0.05, 0.1) is 56.4 Å². The lowest BCUT2D eigenvalue weighted by atomic mass is 9.83. The Morgan fingerprint density at radius 1 is 1.08 bits per heavy atom. The number of ether oxygens (including phenoxy) is 3. The molecule has 1 N–H and O–H groups in total. The number of hydrogen-bond donors (Lipinski definition) is 1. The largest absolute Gasteiger partial charge is 0.495 e. The number of likely N-dealkylation sites (N-methyl/N-ethyl adjacent to an activating group) is 1. The van der Waals surface area contributed by atoms with Crippen LogP contribution in [-0.2, 0) is 25.1 Å². The van der Waals surface area contributed by atoms with Gasteiger partial charge < -0.3 is 24.4 Å². The Balaban J connectivity index is 1.22. The highest BCUT2D eigenvalue weighted by molar-refractivity contribution is 7.93. The molecule has 0 aliphatic carbocycles. The summed E-state index contributed by atoms with van der Waals surface area (Å²) in [7, 11) is -0.121. The van der Waals surface area contributed by atoms with Gasteiger partial charge in [0.2, 0.25) is 5.88 Å². The first-order valence-corrected chi connectivity index (χ1v) is 18.1. The van der Waals surface area contributed by atoms with E-state index in [1.807, 2.05) is 6.07 Å². The van der Waals surface area contributed by atoms with E-state index in [0.29, 0.717) is 29.5 Å². The van der Waals surface area contributed by atoms with Crippen LogP contribution < -0.4 is 19.1 Å². The Morgan fingerprint density at radius 3 is 2.47 bits per heavy atom. The Hall–Kier alpha value is -4.82. The Labute approximate surface area is 295 Å². The first-order chi connectivity index (χ1) is 24.5. The zero-order chi connectivity index (χ0) is 36.1. The average Bonchev–Trinajstić information content (AvgIpc) is 3.34. The molecule has 268 valence electrons. The van der Waals surface area contributed by atoms with E-state index in [0.717, 1.165) is 57.3 Å². The molecule has 4 aliphatic heterocycles. The summed E-state index contributed by atoms with van der Waals surface area (Å²) in [6, 6.07) is 12.4. The molecule has 0 spiro atoms. The van der Waals surface area contributed by atoms with Crippen LogP contribution in [0.1, 0.15) is 29.5 Å². The van der Waals surface area contributed by atoms with Gasteiger partial charge in [-0.1, -0.05) is 0 Å². The lowest BCUT2D eigenvalue weighted by Crippen LogP contribution is -2.67. The number of piperidine rings is 1. The van der Waals surface area contributed by atoms with Crippen molar-refractivity contribution in [3.8, 4) is 17.7 Å². The van der Waals surface area contributed by atoms with E-state index in [1.165, 1.54) is 50.7 Å². The molecule has 3 aromatic rings. The monoisotopic (exact) mass is 719 g/mol. The number of aromatic nitrogens is 1. The van der Waals surface area contributed by atoms with Crippen molar-refractivity contribution in [1.29, 1.82) is 5.26 Å². The number of benzene rings is 2. The van der Waals surface area contributed by atoms with E-state index in [1.54, 1.807) is 4.90 Å². The van der Waals surface area contributed by atoms with Crippen LogP contribution in [0.2, 0.25) is 0 Å². The molecule has 3 saturated heterocycles. The Morgan fingerprint density at radius 2 is 1.82 bits per heavy atom. The predicted octanol–water partition coefficient (Wildman–Crippen LogP) is 2.28. The van der Waals surface area contributed by atoms with Crippen molar-refractivity contribution in [3.05, 3.63) is 77.2 Å². The van der Waals surface area contributed by atoms with Crippen molar-refractivity contribution < 1.29 is 36.6 Å². The summed E-state index contributed by atoms with van der Waals surface area (Å²) in [5.41, 5.74) is -2.11. The fourth-order valence-corrected chi connectivity index (χ4v) is 9.05. The SMILES string of the molecule is COc1cc(F)ccc1S(=O)(=O)N1C(=O)C(NC(=O)N2CC(N3CCC(N(C)C4COC4)CC3)C2)(c2cccnc2OC)c2cc(C#N)ccc21. The summed E-state index contributed by atoms with van der Waals surface area (Å²) in [6.45, 7) is 4.12. The highest BCUT2D eigenvalue weighted by atomic mass is 32.2. The maximum absolute atomic E-state index is 15.0. The summed E-state index contributed by atoms with van der Waals surface area (Å²) in [5.74, 6) is -2.18. The second-order valence-corrected chi connectivity index (χ2v) is 14.9.